The third-order valence-electron chi connectivity index (χ3n) is 2.66. The number of amides is 2. The molecular weight excluding hydrogens is 262 g/mol. The summed E-state index contributed by atoms with van der Waals surface area (Å²) in [5, 5.41) is 5.90. The Labute approximate surface area is 112 Å². The highest BCUT2D eigenvalue weighted by Gasteiger charge is 2.32. The van der Waals surface area contributed by atoms with E-state index in [0.717, 1.165) is 0 Å². The molecule has 17 heavy (non-hydrogen) atoms. The lowest BCUT2D eigenvalue weighted by Gasteiger charge is -2.22. The molecular formula is C10H20ClN3O2S. The van der Waals surface area contributed by atoms with Gasteiger partial charge in [-0.05, 0) is 14.0 Å². The molecule has 0 aromatic rings. The molecule has 1 rings (SSSR count). The Morgan fingerprint density at radius 2 is 2.18 bits per heavy atom. The first-order valence-electron chi connectivity index (χ1n) is 5.36. The third kappa shape index (κ3) is 4.73. The van der Waals surface area contributed by atoms with Crippen LogP contribution >= 0.6 is 24.2 Å². The molecule has 1 saturated heterocycles. The molecule has 1 fully saturated rings. The number of rotatable bonds is 4. The fourth-order valence-electron chi connectivity index (χ4n) is 1.44. The summed E-state index contributed by atoms with van der Waals surface area (Å²) in [6.45, 7) is 4.08. The van der Waals surface area contributed by atoms with E-state index in [-0.39, 0.29) is 36.3 Å². The average Bonchev–Trinajstić information content (AvgIpc) is 2.74. The van der Waals surface area contributed by atoms with Crippen molar-refractivity contribution in [1.82, 2.24) is 15.5 Å². The molecule has 7 heteroatoms. The molecule has 0 spiro atoms. The zero-order chi connectivity index (χ0) is 12.1. The molecule has 100 valence electrons. The monoisotopic (exact) mass is 281 g/mol. The fraction of sp³-hybridized carbons (Fsp3) is 0.800. The first-order chi connectivity index (χ1) is 7.56. The molecule has 0 aromatic carbocycles. The summed E-state index contributed by atoms with van der Waals surface area (Å²) in [4.78, 5) is 24.7. The highest BCUT2D eigenvalue weighted by molar-refractivity contribution is 7.99. The number of nitrogens with zero attached hydrogens (tertiary/aromatic N) is 1. The summed E-state index contributed by atoms with van der Waals surface area (Å²) in [5.41, 5.74) is 0. The van der Waals surface area contributed by atoms with Crippen molar-refractivity contribution in [3.05, 3.63) is 0 Å². The number of carbonyl (C=O) groups is 2. The number of carbonyl (C=O) groups excluding carboxylic acids is 2. The van der Waals surface area contributed by atoms with Crippen molar-refractivity contribution < 1.29 is 9.59 Å². The van der Waals surface area contributed by atoms with Crippen LogP contribution in [-0.4, -0.2) is 54.0 Å². The molecule has 1 aliphatic rings. The van der Waals surface area contributed by atoms with Crippen molar-refractivity contribution in [1.29, 1.82) is 0 Å². The van der Waals surface area contributed by atoms with E-state index in [1.165, 1.54) is 6.92 Å². The lowest BCUT2D eigenvalue weighted by Crippen LogP contribution is -2.49. The van der Waals surface area contributed by atoms with Crippen molar-refractivity contribution in [3.8, 4) is 0 Å². The third-order valence-corrected chi connectivity index (χ3v) is 3.68. The molecule has 1 aliphatic heterocycles. The van der Waals surface area contributed by atoms with Crippen LogP contribution in [0.5, 0.6) is 0 Å². The number of hydrogen-bond acceptors (Lipinski definition) is 4. The minimum absolute atomic E-state index is 0. The van der Waals surface area contributed by atoms with Gasteiger partial charge in [-0.3, -0.25) is 9.59 Å². The number of halogens is 1. The Bertz CT molecular complexity index is 278. The standard InChI is InChI=1S/C10H19N3O2S.ClH/c1-7(11-3)4-12-10(15)9-5-16-6-13(9)8(2)14;/h7,9,11H,4-6H2,1-3H3,(H,12,15);1H. The molecule has 5 nitrogen and oxygen atoms in total. The van der Waals surface area contributed by atoms with Crippen molar-refractivity contribution in [2.75, 3.05) is 25.2 Å². The summed E-state index contributed by atoms with van der Waals surface area (Å²) in [6.07, 6.45) is 0. The Kier molecular flexibility index (Phi) is 7.58. The van der Waals surface area contributed by atoms with Gasteiger partial charge in [0.1, 0.15) is 6.04 Å². The van der Waals surface area contributed by atoms with Gasteiger partial charge in [0.15, 0.2) is 0 Å². The zero-order valence-corrected chi connectivity index (χ0v) is 12.0. The van der Waals surface area contributed by atoms with Crippen LogP contribution in [0.3, 0.4) is 0 Å². The number of nitrogens with one attached hydrogen (secondary N) is 2. The maximum absolute atomic E-state index is 11.8. The van der Waals surface area contributed by atoms with E-state index in [9.17, 15) is 9.59 Å². The lowest BCUT2D eigenvalue weighted by atomic mass is 10.2. The minimum atomic E-state index is -0.299. The largest absolute Gasteiger partial charge is 0.353 e. The molecule has 0 radical (unpaired) electrons. The molecule has 0 bridgehead atoms. The summed E-state index contributed by atoms with van der Waals surface area (Å²) in [7, 11) is 1.85. The highest BCUT2D eigenvalue weighted by atomic mass is 35.5. The maximum atomic E-state index is 11.8. The molecule has 2 amide bonds. The Balaban J connectivity index is 0.00000256. The van der Waals surface area contributed by atoms with E-state index in [1.54, 1.807) is 16.7 Å². The second-order valence-corrected chi connectivity index (χ2v) is 4.94. The van der Waals surface area contributed by atoms with Crippen LogP contribution in [0, 0.1) is 0 Å². The molecule has 0 aromatic heterocycles. The van der Waals surface area contributed by atoms with Crippen molar-refractivity contribution in [2.45, 2.75) is 25.9 Å². The van der Waals surface area contributed by atoms with E-state index in [1.807, 2.05) is 14.0 Å². The van der Waals surface area contributed by atoms with Gasteiger partial charge in [-0.25, -0.2) is 0 Å². The normalized spacial score (nSPS) is 20.6. The van der Waals surface area contributed by atoms with Gasteiger partial charge in [0.25, 0.3) is 0 Å². The van der Waals surface area contributed by atoms with Gasteiger partial charge >= 0.3 is 0 Å². The Morgan fingerprint density at radius 1 is 1.53 bits per heavy atom. The van der Waals surface area contributed by atoms with Gasteiger partial charge in [0, 0.05) is 25.3 Å². The molecule has 2 unspecified atom stereocenters. The van der Waals surface area contributed by atoms with Crippen molar-refractivity contribution >= 4 is 36.0 Å². The molecule has 0 aliphatic carbocycles. The highest BCUT2D eigenvalue weighted by Crippen LogP contribution is 2.20. The molecule has 2 N–H and O–H groups in total. The summed E-state index contributed by atoms with van der Waals surface area (Å²) in [6, 6.07) is -0.0599. The van der Waals surface area contributed by atoms with Crippen LogP contribution < -0.4 is 10.6 Å². The van der Waals surface area contributed by atoms with Gasteiger partial charge < -0.3 is 15.5 Å². The SMILES string of the molecule is CNC(C)CNC(=O)C1CSCN1C(C)=O.Cl. The van der Waals surface area contributed by atoms with Crippen LogP contribution in [0.25, 0.3) is 0 Å². The fourth-order valence-corrected chi connectivity index (χ4v) is 2.66. The van der Waals surface area contributed by atoms with Crippen molar-refractivity contribution in [2.24, 2.45) is 0 Å². The summed E-state index contributed by atoms with van der Waals surface area (Å²) >= 11 is 1.62. The predicted octanol–water partition coefficient (Wildman–Crippen LogP) is 0.0537. The predicted molar refractivity (Wildman–Crippen MR) is 72.4 cm³/mol. The van der Waals surface area contributed by atoms with E-state index < -0.39 is 0 Å². The summed E-state index contributed by atoms with van der Waals surface area (Å²) < 4.78 is 0. The Morgan fingerprint density at radius 3 is 2.71 bits per heavy atom. The van der Waals surface area contributed by atoms with Crippen LogP contribution in [0.15, 0.2) is 0 Å². The van der Waals surface area contributed by atoms with Gasteiger partial charge in [-0.15, -0.1) is 24.2 Å². The second-order valence-electron chi connectivity index (χ2n) is 3.94. The quantitative estimate of drug-likeness (QED) is 0.765. The van der Waals surface area contributed by atoms with Crippen molar-refractivity contribution in [3.63, 3.8) is 0 Å². The van der Waals surface area contributed by atoms with E-state index in [2.05, 4.69) is 10.6 Å². The summed E-state index contributed by atoms with van der Waals surface area (Å²) in [5.74, 6) is 1.23. The second kappa shape index (κ2) is 7.79. The van der Waals surface area contributed by atoms with E-state index in [0.29, 0.717) is 18.2 Å². The lowest BCUT2D eigenvalue weighted by molar-refractivity contribution is -0.136. The molecule has 2 atom stereocenters. The smallest absolute Gasteiger partial charge is 0.243 e. The van der Waals surface area contributed by atoms with E-state index in [4.69, 9.17) is 0 Å². The van der Waals surface area contributed by atoms with Crippen LogP contribution in [0.2, 0.25) is 0 Å². The average molecular weight is 282 g/mol. The van der Waals surface area contributed by atoms with Crippen LogP contribution in [0.4, 0.5) is 0 Å². The van der Waals surface area contributed by atoms with Crippen LogP contribution in [-0.2, 0) is 9.59 Å². The van der Waals surface area contributed by atoms with Crippen LogP contribution in [0.1, 0.15) is 13.8 Å². The van der Waals surface area contributed by atoms with E-state index >= 15 is 0 Å². The number of thioether (sulfide) groups is 1. The number of hydrogen-bond donors (Lipinski definition) is 2. The van der Waals surface area contributed by atoms with Gasteiger partial charge in [0.2, 0.25) is 11.8 Å². The molecule has 1 heterocycles. The maximum Gasteiger partial charge on any atom is 0.243 e. The Hall–Kier alpha value is -0.460. The first kappa shape index (κ1) is 16.5. The minimum Gasteiger partial charge on any atom is -0.353 e. The topological polar surface area (TPSA) is 61.4 Å². The van der Waals surface area contributed by atoms with Gasteiger partial charge in [0.05, 0.1) is 5.88 Å². The van der Waals surface area contributed by atoms with Gasteiger partial charge in [-0.2, -0.15) is 0 Å². The molecule has 0 saturated carbocycles. The number of likely N-dealkylation sites (N-methyl/N-ethyl adjacent to an activating group) is 1. The van der Waals surface area contributed by atoms with Gasteiger partial charge in [-0.1, -0.05) is 0 Å². The zero-order valence-electron chi connectivity index (χ0n) is 10.4. The first-order valence-corrected chi connectivity index (χ1v) is 6.51.